The number of amides is 2. The number of urea groups is 1. The largest absolute Gasteiger partial charge is 0.469 e. The third kappa shape index (κ3) is 3.04. The molecule has 2 heterocycles. The third-order valence-electron chi connectivity index (χ3n) is 4.87. The Kier molecular flexibility index (Phi) is 4.26. The van der Waals surface area contributed by atoms with Gasteiger partial charge in [0.25, 0.3) is 0 Å². The van der Waals surface area contributed by atoms with Gasteiger partial charge < -0.3 is 19.4 Å². The van der Waals surface area contributed by atoms with Crippen molar-refractivity contribution >= 4 is 6.03 Å². The van der Waals surface area contributed by atoms with E-state index in [-0.39, 0.29) is 18.2 Å². The first kappa shape index (κ1) is 15.3. The van der Waals surface area contributed by atoms with Gasteiger partial charge in [-0.15, -0.1) is 0 Å². The molecule has 24 heavy (non-hydrogen) atoms. The van der Waals surface area contributed by atoms with Crippen LogP contribution >= 0.6 is 0 Å². The van der Waals surface area contributed by atoms with Crippen LogP contribution in [0.1, 0.15) is 41.9 Å². The average molecular weight is 326 g/mol. The van der Waals surface area contributed by atoms with E-state index in [1.54, 1.807) is 6.26 Å². The molecule has 0 bridgehead atoms. The van der Waals surface area contributed by atoms with Gasteiger partial charge in [0.2, 0.25) is 0 Å². The molecule has 5 heteroatoms. The standard InChI is InChI=1S/C19H22N2O3/c22-19(20-16-7-4-8-17-15(16)9-11-23-17)21-10-12-24-18(13-21)14-5-2-1-3-6-14/h1-3,5-6,9,11,16,18H,4,7-8,10,12-13H2,(H,20,22). The lowest BCUT2D eigenvalue weighted by Gasteiger charge is -2.34. The predicted octanol–water partition coefficient (Wildman–Crippen LogP) is 3.44. The first-order valence-electron chi connectivity index (χ1n) is 8.59. The molecule has 1 saturated heterocycles. The summed E-state index contributed by atoms with van der Waals surface area (Å²) in [5.74, 6) is 1.01. The van der Waals surface area contributed by atoms with Crippen LogP contribution in [0, 0.1) is 0 Å². The van der Waals surface area contributed by atoms with Crippen molar-refractivity contribution in [2.24, 2.45) is 0 Å². The molecule has 1 aliphatic carbocycles. The number of morpholine rings is 1. The highest BCUT2D eigenvalue weighted by Crippen LogP contribution is 2.31. The number of carbonyl (C=O) groups excluding carboxylic acids is 1. The fraction of sp³-hybridized carbons (Fsp3) is 0.421. The van der Waals surface area contributed by atoms with Gasteiger partial charge in [-0.25, -0.2) is 4.79 Å². The maximum Gasteiger partial charge on any atom is 0.318 e. The van der Waals surface area contributed by atoms with E-state index in [4.69, 9.17) is 9.15 Å². The molecule has 4 rings (SSSR count). The molecule has 2 aliphatic rings. The van der Waals surface area contributed by atoms with Crippen molar-refractivity contribution in [2.75, 3.05) is 19.7 Å². The van der Waals surface area contributed by atoms with Gasteiger partial charge in [-0.05, 0) is 24.5 Å². The van der Waals surface area contributed by atoms with Crippen molar-refractivity contribution in [1.82, 2.24) is 10.2 Å². The number of hydrogen-bond acceptors (Lipinski definition) is 3. The average Bonchev–Trinajstić information content (AvgIpc) is 3.12. The van der Waals surface area contributed by atoms with E-state index >= 15 is 0 Å². The summed E-state index contributed by atoms with van der Waals surface area (Å²) in [6.07, 6.45) is 4.63. The van der Waals surface area contributed by atoms with Crippen molar-refractivity contribution in [2.45, 2.75) is 31.4 Å². The Bertz CT molecular complexity index is 698. The molecule has 0 radical (unpaired) electrons. The summed E-state index contributed by atoms with van der Waals surface area (Å²) in [5.41, 5.74) is 2.24. The van der Waals surface area contributed by atoms with Crippen molar-refractivity contribution in [3.63, 3.8) is 0 Å². The van der Waals surface area contributed by atoms with Gasteiger partial charge in [0.1, 0.15) is 11.9 Å². The van der Waals surface area contributed by atoms with E-state index in [0.717, 1.165) is 36.1 Å². The third-order valence-corrected chi connectivity index (χ3v) is 4.87. The number of benzene rings is 1. The quantitative estimate of drug-likeness (QED) is 0.920. The Morgan fingerprint density at radius 1 is 1.21 bits per heavy atom. The van der Waals surface area contributed by atoms with Gasteiger partial charge in [-0.3, -0.25) is 0 Å². The van der Waals surface area contributed by atoms with Gasteiger partial charge in [-0.1, -0.05) is 30.3 Å². The lowest BCUT2D eigenvalue weighted by Crippen LogP contribution is -2.48. The van der Waals surface area contributed by atoms with Crippen LogP contribution in [0.25, 0.3) is 0 Å². The van der Waals surface area contributed by atoms with Crippen LogP contribution in [0.2, 0.25) is 0 Å². The Hall–Kier alpha value is -2.27. The van der Waals surface area contributed by atoms with E-state index in [2.05, 4.69) is 5.32 Å². The number of aryl methyl sites for hydroxylation is 1. The second-order valence-electron chi connectivity index (χ2n) is 6.41. The molecule has 2 aromatic rings. The predicted molar refractivity (Wildman–Crippen MR) is 89.6 cm³/mol. The minimum absolute atomic E-state index is 0.0155. The number of furan rings is 1. The van der Waals surface area contributed by atoms with Gasteiger partial charge in [0, 0.05) is 18.5 Å². The van der Waals surface area contributed by atoms with Gasteiger partial charge in [0.05, 0.1) is 25.5 Å². The minimum Gasteiger partial charge on any atom is -0.469 e. The Labute approximate surface area is 141 Å². The highest BCUT2D eigenvalue weighted by Gasteiger charge is 2.29. The molecular weight excluding hydrogens is 304 g/mol. The zero-order valence-corrected chi connectivity index (χ0v) is 13.6. The van der Waals surface area contributed by atoms with E-state index in [1.165, 1.54) is 0 Å². The van der Waals surface area contributed by atoms with Crippen LogP contribution < -0.4 is 5.32 Å². The molecule has 0 spiro atoms. The maximum absolute atomic E-state index is 12.7. The number of fused-ring (bicyclic) bond motifs is 1. The molecule has 1 aromatic carbocycles. The van der Waals surface area contributed by atoms with Crippen LogP contribution in [0.15, 0.2) is 47.1 Å². The van der Waals surface area contributed by atoms with Gasteiger partial charge >= 0.3 is 6.03 Å². The molecule has 2 amide bonds. The van der Waals surface area contributed by atoms with E-state index in [0.29, 0.717) is 19.7 Å². The van der Waals surface area contributed by atoms with Crippen molar-refractivity contribution in [3.05, 3.63) is 59.5 Å². The van der Waals surface area contributed by atoms with Gasteiger partial charge in [0.15, 0.2) is 0 Å². The minimum atomic E-state index is -0.0541. The second-order valence-corrected chi connectivity index (χ2v) is 6.41. The molecule has 2 atom stereocenters. The Balaban J connectivity index is 1.42. The summed E-state index contributed by atoms with van der Waals surface area (Å²) in [6, 6.07) is 12.1. The first-order chi connectivity index (χ1) is 11.8. The molecular formula is C19H22N2O3. The fourth-order valence-corrected chi connectivity index (χ4v) is 3.58. The zero-order valence-electron chi connectivity index (χ0n) is 13.6. The summed E-state index contributed by atoms with van der Waals surface area (Å²) >= 11 is 0. The Morgan fingerprint density at radius 2 is 2.08 bits per heavy atom. The van der Waals surface area contributed by atoms with Crippen LogP contribution in [0.4, 0.5) is 4.79 Å². The zero-order chi connectivity index (χ0) is 16.4. The molecule has 1 N–H and O–H groups in total. The van der Waals surface area contributed by atoms with E-state index in [1.807, 2.05) is 41.3 Å². The molecule has 1 fully saturated rings. The first-order valence-corrected chi connectivity index (χ1v) is 8.59. The van der Waals surface area contributed by atoms with Crippen LogP contribution in [0.3, 0.4) is 0 Å². The molecule has 0 saturated carbocycles. The number of rotatable bonds is 2. The topological polar surface area (TPSA) is 54.7 Å². The highest BCUT2D eigenvalue weighted by molar-refractivity contribution is 5.75. The molecule has 126 valence electrons. The van der Waals surface area contributed by atoms with Crippen molar-refractivity contribution < 1.29 is 13.9 Å². The molecule has 2 unspecified atom stereocenters. The normalized spacial score (nSPS) is 23.6. The lowest BCUT2D eigenvalue weighted by atomic mass is 9.93. The summed E-state index contributed by atoms with van der Waals surface area (Å²) in [5, 5.41) is 3.17. The highest BCUT2D eigenvalue weighted by atomic mass is 16.5. The monoisotopic (exact) mass is 326 g/mol. The lowest BCUT2D eigenvalue weighted by molar-refractivity contribution is -0.0158. The SMILES string of the molecule is O=C(NC1CCCc2occc21)N1CCOC(c2ccccc2)C1. The number of ether oxygens (including phenoxy) is 1. The molecule has 5 nitrogen and oxygen atoms in total. The van der Waals surface area contributed by atoms with Gasteiger partial charge in [-0.2, -0.15) is 0 Å². The van der Waals surface area contributed by atoms with E-state index in [9.17, 15) is 4.79 Å². The smallest absolute Gasteiger partial charge is 0.318 e. The Morgan fingerprint density at radius 3 is 2.96 bits per heavy atom. The number of nitrogens with one attached hydrogen (secondary N) is 1. The van der Waals surface area contributed by atoms with E-state index < -0.39 is 0 Å². The van der Waals surface area contributed by atoms with Crippen LogP contribution in [0.5, 0.6) is 0 Å². The van der Waals surface area contributed by atoms with Crippen molar-refractivity contribution in [3.8, 4) is 0 Å². The fourth-order valence-electron chi connectivity index (χ4n) is 3.58. The summed E-state index contributed by atoms with van der Waals surface area (Å²) < 4.78 is 11.3. The second kappa shape index (κ2) is 6.69. The number of carbonyl (C=O) groups is 1. The molecule has 1 aliphatic heterocycles. The molecule has 1 aromatic heterocycles. The number of nitrogens with zero attached hydrogens (tertiary/aromatic N) is 1. The number of hydrogen-bond donors (Lipinski definition) is 1. The summed E-state index contributed by atoms with van der Waals surface area (Å²) in [4.78, 5) is 14.6. The summed E-state index contributed by atoms with van der Waals surface area (Å²) in [6.45, 7) is 1.77. The maximum atomic E-state index is 12.7. The summed E-state index contributed by atoms with van der Waals surface area (Å²) in [7, 11) is 0. The van der Waals surface area contributed by atoms with Crippen LogP contribution in [-0.2, 0) is 11.2 Å². The van der Waals surface area contributed by atoms with Crippen LogP contribution in [-0.4, -0.2) is 30.6 Å². The van der Waals surface area contributed by atoms with Crippen molar-refractivity contribution in [1.29, 1.82) is 0 Å².